The lowest BCUT2D eigenvalue weighted by atomic mass is 9.72. The average molecular weight is 674 g/mol. The molecule has 1 aliphatic rings. The van der Waals surface area contributed by atoms with Crippen molar-refractivity contribution in [1.29, 1.82) is 0 Å². The van der Waals surface area contributed by atoms with Crippen LogP contribution in [0.4, 0.5) is 0 Å². The van der Waals surface area contributed by atoms with E-state index in [4.69, 9.17) is 9.47 Å². The summed E-state index contributed by atoms with van der Waals surface area (Å²) in [6, 6.07) is 0. The van der Waals surface area contributed by atoms with Gasteiger partial charge in [-0.15, -0.1) is 11.3 Å². The van der Waals surface area contributed by atoms with Gasteiger partial charge in [-0.05, 0) is 77.9 Å². The van der Waals surface area contributed by atoms with Crippen molar-refractivity contribution in [2.24, 2.45) is 17.3 Å². The summed E-state index contributed by atoms with van der Waals surface area (Å²) in [7, 11) is 0. The number of aromatic nitrogens is 1. The van der Waals surface area contributed by atoms with Crippen molar-refractivity contribution in [2.75, 3.05) is 0 Å². The van der Waals surface area contributed by atoms with Gasteiger partial charge in [-0.3, -0.25) is 14.4 Å². The van der Waals surface area contributed by atoms with Crippen molar-refractivity contribution < 1.29 is 29.0 Å². The van der Waals surface area contributed by atoms with Crippen LogP contribution in [0, 0.1) is 24.2 Å². The fourth-order valence-corrected chi connectivity index (χ4v) is 6.95. The second-order valence-corrected chi connectivity index (χ2v) is 15.5. The molecule has 1 aromatic rings. The Morgan fingerprint density at radius 1 is 1.09 bits per heavy atom. The normalized spacial score (nSPS) is 26.4. The SMILES string of the molecule is CCCCCCCCCCCC(=O)O[C@H]1CC(=O)OC(/C(C)=C/c2csc(C)n2)C/C=C(/C)CCC[C@@H](C)[C@H](O)[C@@H](C)C(=O)C1(C)C. The van der Waals surface area contributed by atoms with E-state index in [-0.39, 0.29) is 24.5 Å². The van der Waals surface area contributed by atoms with Crippen molar-refractivity contribution in [2.45, 2.75) is 170 Å². The molecule has 0 saturated carbocycles. The van der Waals surface area contributed by atoms with Gasteiger partial charge in [0.1, 0.15) is 18.0 Å². The maximum absolute atomic E-state index is 13.9. The molecule has 0 radical (unpaired) electrons. The van der Waals surface area contributed by atoms with Gasteiger partial charge in [0.05, 0.1) is 28.6 Å². The predicted octanol–water partition coefficient (Wildman–Crippen LogP) is 9.74. The monoisotopic (exact) mass is 673 g/mol. The third-order valence-electron chi connectivity index (χ3n) is 9.76. The zero-order valence-electron chi connectivity index (χ0n) is 30.6. The number of aryl methyl sites for hydroxylation is 1. The number of hydrogen-bond donors (Lipinski definition) is 1. The van der Waals surface area contributed by atoms with Gasteiger partial charge in [0.2, 0.25) is 0 Å². The summed E-state index contributed by atoms with van der Waals surface area (Å²) in [6.07, 6.45) is 14.9. The summed E-state index contributed by atoms with van der Waals surface area (Å²) in [5, 5.41) is 14.1. The molecular weight excluding hydrogens is 610 g/mol. The Morgan fingerprint density at radius 2 is 1.72 bits per heavy atom. The number of ether oxygens (including phenoxy) is 2. The number of esters is 2. The molecule has 5 atom stereocenters. The molecule has 7 nitrogen and oxygen atoms in total. The largest absolute Gasteiger partial charge is 0.461 e. The van der Waals surface area contributed by atoms with Crippen molar-refractivity contribution >= 4 is 35.1 Å². The molecule has 0 aliphatic carbocycles. The first-order chi connectivity index (χ1) is 22.3. The standard InChI is InChI=1S/C39H63NO6S/c1-9-10-11-12-13-14-15-16-17-21-35(41)46-34-25-36(42)45-33(29(4)24-32-26-47-31(6)40-32)23-22-27(2)19-18-20-28(3)37(43)30(5)38(44)39(34,7)8/h22,24,26,28,30,33-34,37,43H,9-21,23,25H2,1-8H3/b27-22-,29-24+/t28-,30-,33?,34+,37+/m1/s1. The second-order valence-electron chi connectivity index (χ2n) is 14.4. The minimum atomic E-state index is -1.21. The quantitative estimate of drug-likeness (QED) is 0.126. The van der Waals surface area contributed by atoms with Crippen LogP contribution >= 0.6 is 11.3 Å². The molecule has 0 spiro atoms. The summed E-state index contributed by atoms with van der Waals surface area (Å²) in [5.41, 5.74) is 1.67. The van der Waals surface area contributed by atoms with Crippen molar-refractivity contribution in [3.8, 4) is 0 Å². The third-order valence-corrected chi connectivity index (χ3v) is 10.6. The number of cyclic esters (lactones) is 1. The zero-order chi connectivity index (χ0) is 35.0. The van der Waals surface area contributed by atoms with Crippen LogP contribution < -0.4 is 0 Å². The van der Waals surface area contributed by atoms with E-state index in [0.717, 1.165) is 48.4 Å². The number of hydrogen-bond acceptors (Lipinski definition) is 8. The van der Waals surface area contributed by atoms with Crippen molar-refractivity contribution in [3.63, 3.8) is 0 Å². The molecule has 1 aromatic heterocycles. The van der Waals surface area contributed by atoms with Gasteiger partial charge in [-0.25, -0.2) is 4.98 Å². The van der Waals surface area contributed by atoms with Crippen LogP contribution in [0.5, 0.6) is 0 Å². The van der Waals surface area contributed by atoms with E-state index >= 15 is 0 Å². The minimum absolute atomic E-state index is 0.0810. The number of Topliss-reactive ketones (excluding diaryl/α,β-unsaturated/α-hetero) is 1. The number of ketones is 1. The maximum atomic E-state index is 13.9. The van der Waals surface area contributed by atoms with Crippen LogP contribution in [0.15, 0.2) is 22.6 Å². The number of unbranched alkanes of at least 4 members (excludes halogenated alkanes) is 8. The molecule has 2 heterocycles. The number of allylic oxidation sites excluding steroid dienone is 1. The Bertz CT molecular complexity index is 1180. The first kappa shape index (κ1) is 40.9. The molecule has 8 heteroatoms. The van der Waals surface area contributed by atoms with E-state index in [1.807, 2.05) is 32.2 Å². The highest BCUT2D eigenvalue weighted by Crippen LogP contribution is 2.34. The molecule has 1 aliphatic heterocycles. The molecule has 0 bridgehead atoms. The average Bonchev–Trinajstić information content (AvgIpc) is 3.43. The predicted molar refractivity (Wildman–Crippen MR) is 192 cm³/mol. The molecule has 0 aromatic carbocycles. The van der Waals surface area contributed by atoms with Crippen LogP contribution in [-0.2, 0) is 23.9 Å². The molecule has 266 valence electrons. The van der Waals surface area contributed by atoms with Gasteiger partial charge in [0.15, 0.2) is 0 Å². The summed E-state index contributed by atoms with van der Waals surface area (Å²) < 4.78 is 12.0. The van der Waals surface area contributed by atoms with Crippen LogP contribution in [0.1, 0.15) is 155 Å². The molecule has 0 fully saturated rings. The van der Waals surface area contributed by atoms with Crippen LogP contribution in [-0.4, -0.2) is 46.1 Å². The number of thiazole rings is 1. The lowest BCUT2D eigenvalue weighted by Crippen LogP contribution is -2.47. The minimum Gasteiger partial charge on any atom is -0.461 e. The lowest BCUT2D eigenvalue weighted by molar-refractivity contribution is -0.167. The van der Waals surface area contributed by atoms with E-state index < -0.39 is 41.6 Å². The van der Waals surface area contributed by atoms with Crippen LogP contribution in [0.2, 0.25) is 0 Å². The van der Waals surface area contributed by atoms with Crippen LogP contribution in [0.25, 0.3) is 6.08 Å². The van der Waals surface area contributed by atoms with Crippen LogP contribution in [0.3, 0.4) is 0 Å². The van der Waals surface area contributed by atoms with Gasteiger partial charge >= 0.3 is 11.9 Å². The Kier molecular flexibility index (Phi) is 18.2. The van der Waals surface area contributed by atoms with E-state index in [1.165, 1.54) is 44.1 Å². The lowest BCUT2D eigenvalue weighted by Gasteiger charge is -2.36. The van der Waals surface area contributed by atoms with E-state index in [0.29, 0.717) is 12.8 Å². The molecular formula is C39H63NO6S. The number of rotatable bonds is 13. The molecule has 1 unspecified atom stereocenters. The highest BCUT2D eigenvalue weighted by Gasteiger charge is 2.45. The third kappa shape index (κ3) is 14.4. The Labute approximate surface area is 289 Å². The summed E-state index contributed by atoms with van der Waals surface area (Å²) in [5.74, 6) is -1.92. The number of carbonyl (C=O) groups is 3. The number of aliphatic hydroxyl groups is 1. The highest BCUT2D eigenvalue weighted by molar-refractivity contribution is 7.09. The zero-order valence-corrected chi connectivity index (χ0v) is 31.4. The van der Waals surface area contributed by atoms with E-state index in [9.17, 15) is 19.5 Å². The fraction of sp³-hybridized carbons (Fsp3) is 0.744. The summed E-state index contributed by atoms with van der Waals surface area (Å²) in [4.78, 5) is 45.2. The molecule has 1 N–H and O–H groups in total. The first-order valence-corrected chi connectivity index (χ1v) is 19.0. The van der Waals surface area contributed by atoms with Gasteiger partial charge in [0.25, 0.3) is 0 Å². The number of carbonyl (C=O) groups excluding carboxylic acids is 3. The van der Waals surface area contributed by atoms with E-state index in [1.54, 1.807) is 32.1 Å². The smallest absolute Gasteiger partial charge is 0.310 e. The fourth-order valence-electron chi connectivity index (χ4n) is 6.38. The van der Waals surface area contributed by atoms with Gasteiger partial charge in [-0.2, -0.15) is 0 Å². The molecule has 0 saturated heterocycles. The van der Waals surface area contributed by atoms with E-state index in [2.05, 4.69) is 24.9 Å². The Morgan fingerprint density at radius 3 is 2.34 bits per heavy atom. The topological polar surface area (TPSA) is 103 Å². The number of aliphatic hydroxyl groups excluding tert-OH is 1. The Balaban J connectivity index is 2.25. The van der Waals surface area contributed by atoms with Crippen molar-refractivity contribution in [3.05, 3.63) is 33.3 Å². The van der Waals surface area contributed by atoms with Crippen molar-refractivity contribution in [1.82, 2.24) is 4.98 Å². The maximum Gasteiger partial charge on any atom is 0.310 e. The second kappa shape index (κ2) is 20.9. The van der Waals surface area contributed by atoms with Gasteiger partial charge < -0.3 is 14.6 Å². The molecule has 0 amide bonds. The Hall–Kier alpha value is -2.32. The summed E-state index contributed by atoms with van der Waals surface area (Å²) in [6.45, 7) is 15.3. The van der Waals surface area contributed by atoms with Gasteiger partial charge in [-0.1, -0.05) is 83.8 Å². The van der Waals surface area contributed by atoms with Gasteiger partial charge in [0, 0.05) is 24.1 Å². The first-order valence-electron chi connectivity index (χ1n) is 18.1. The molecule has 2 rings (SSSR count). The summed E-state index contributed by atoms with van der Waals surface area (Å²) >= 11 is 1.57. The number of nitrogens with zero attached hydrogens (tertiary/aromatic N) is 1. The highest BCUT2D eigenvalue weighted by atomic mass is 32.1. The molecule has 47 heavy (non-hydrogen) atoms.